The first-order chi connectivity index (χ1) is 11.4. The van der Waals surface area contributed by atoms with Gasteiger partial charge in [-0.25, -0.2) is 8.42 Å². The summed E-state index contributed by atoms with van der Waals surface area (Å²) in [5, 5.41) is 8.05. The zero-order chi connectivity index (χ0) is 17.7. The van der Waals surface area contributed by atoms with Crippen LogP contribution in [-0.4, -0.2) is 31.5 Å². The standard InChI is InChI=1S/C15H19N3O3S3/c1-5-8-22-15-17-16-14(23-15)18-24(19,20)11-6-7-13(21-4)12(9-11)10(2)3/h5-7,9-10H,1,8H2,2-4H3,(H,16,18). The predicted octanol–water partition coefficient (Wildman–Crippen LogP) is 3.75. The normalized spacial score (nSPS) is 11.5. The van der Waals surface area contributed by atoms with Gasteiger partial charge in [-0.05, 0) is 29.7 Å². The molecule has 0 amide bonds. The van der Waals surface area contributed by atoms with Crippen molar-refractivity contribution in [1.29, 1.82) is 0 Å². The second kappa shape index (κ2) is 8.00. The highest BCUT2D eigenvalue weighted by Gasteiger charge is 2.19. The van der Waals surface area contributed by atoms with Crippen LogP contribution in [0.4, 0.5) is 5.13 Å². The first-order valence-electron chi connectivity index (χ1n) is 7.15. The van der Waals surface area contributed by atoms with Gasteiger partial charge in [0, 0.05) is 5.75 Å². The zero-order valence-electron chi connectivity index (χ0n) is 13.6. The van der Waals surface area contributed by atoms with E-state index in [0.717, 1.165) is 5.56 Å². The van der Waals surface area contributed by atoms with Gasteiger partial charge in [-0.2, -0.15) is 0 Å². The molecule has 0 aliphatic carbocycles. The fourth-order valence-electron chi connectivity index (χ4n) is 1.94. The van der Waals surface area contributed by atoms with Crippen LogP contribution in [0.3, 0.4) is 0 Å². The van der Waals surface area contributed by atoms with Gasteiger partial charge in [-0.1, -0.05) is 43.0 Å². The number of hydrogen-bond acceptors (Lipinski definition) is 7. The molecule has 1 N–H and O–H groups in total. The average molecular weight is 386 g/mol. The lowest BCUT2D eigenvalue weighted by Crippen LogP contribution is -2.13. The summed E-state index contributed by atoms with van der Waals surface area (Å²) in [6, 6.07) is 4.80. The molecule has 2 rings (SSSR count). The Kier molecular flexibility index (Phi) is 6.25. The summed E-state index contributed by atoms with van der Waals surface area (Å²) in [6.07, 6.45) is 1.75. The van der Waals surface area contributed by atoms with Crippen molar-refractivity contribution >= 4 is 38.3 Å². The number of ether oxygens (including phenoxy) is 1. The predicted molar refractivity (Wildman–Crippen MR) is 98.7 cm³/mol. The van der Waals surface area contributed by atoms with Gasteiger partial charge in [0.05, 0.1) is 12.0 Å². The molecular formula is C15H19N3O3S3. The lowest BCUT2D eigenvalue weighted by atomic mass is 10.0. The molecule has 0 aliphatic rings. The maximum atomic E-state index is 12.6. The third-order valence-electron chi connectivity index (χ3n) is 3.09. The van der Waals surface area contributed by atoms with Crippen molar-refractivity contribution in [2.75, 3.05) is 17.6 Å². The molecule has 130 valence electrons. The Morgan fingerprint density at radius 3 is 2.79 bits per heavy atom. The highest BCUT2D eigenvalue weighted by atomic mass is 32.2. The Morgan fingerprint density at radius 2 is 2.17 bits per heavy atom. The maximum Gasteiger partial charge on any atom is 0.263 e. The summed E-state index contributed by atoms with van der Waals surface area (Å²) >= 11 is 2.64. The second-order valence-corrected chi connectivity index (χ2v) is 9.06. The molecule has 0 atom stereocenters. The summed E-state index contributed by atoms with van der Waals surface area (Å²) in [5.74, 6) is 1.50. The summed E-state index contributed by atoms with van der Waals surface area (Å²) in [6.45, 7) is 7.60. The molecule has 2 aromatic rings. The van der Waals surface area contributed by atoms with E-state index in [1.54, 1.807) is 25.3 Å². The summed E-state index contributed by atoms with van der Waals surface area (Å²) in [4.78, 5) is 0.169. The summed E-state index contributed by atoms with van der Waals surface area (Å²) in [5.41, 5.74) is 0.833. The minimum Gasteiger partial charge on any atom is -0.496 e. The van der Waals surface area contributed by atoms with Gasteiger partial charge >= 0.3 is 0 Å². The maximum absolute atomic E-state index is 12.6. The average Bonchev–Trinajstić information content (AvgIpc) is 2.98. The Hall–Kier alpha value is -1.58. The van der Waals surface area contributed by atoms with Crippen LogP contribution < -0.4 is 9.46 Å². The SMILES string of the molecule is C=CCSc1nnc(NS(=O)(=O)c2ccc(OC)c(C(C)C)c2)s1. The van der Waals surface area contributed by atoms with Crippen LogP contribution in [-0.2, 0) is 10.0 Å². The topological polar surface area (TPSA) is 81.2 Å². The molecule has 0 spiro atoms. The number of sulfonamides is 1. The van der Waals surface area contributed by atoms with Crippen molar-refractivity contribution in [2.24, 2.45) is 0 Å². The van der Waals surface area contributed by atoms with Crippen molar-refractivity contribution in [2.45, 2.75) is 29.0 Å². The van der Waals surface area contributed by atoms with E-state index in [-0.39, 0.29) is 15.9 Å². The van der Waals surface area contributed by atoms with Gasteiger partial charge < -0.3 is 4.74 Å². The minimum atomic E-state index is -3.73. The van der Waals surface area contributed by atoms with E-state index in [2.05, 4.69) is 21.5 Å². The highest BCUT2D eigenvalue weighted by molar-refractivity contribution is 8.01. The number of benzene rings is 1. The van der Waals surface area contributed by atoms with Crippen LogP contribution in [0.2, 0.25) is 0 Å². The molecule has 6 nitrogen and oxygen atoms in total. The fourth-order valence-corrected chi connectivity index (χ4v) is 4.72. The van der Waals surface area contributed by atoms with E-state index in [9.17, 15) is 8.42 Å². The number of thioether (sulfide) groups is 1. The lowest BCUT2D eigenvalue weighted by Gasteiger charge is -2.13. The first kappa shape index (κ1) is 18.8. The number of rotatable bonds is 8. The van der Waals surface area contributed by atoms with Crippen LogP contribution >= 0.6 is 23.1 Å². The number of methoxy groups -OCH3 is 1. The Bertz CT molecular complexity index is 816. The minimum absolute atomic E-state index is 0.138. The van der Waals surface area contributed by atoms with Gasteiger partial charge in [0.2, 0.25) is 5.13 Å². The number of hydrogen-bond donors (Lipinski definition) is 1. The summed E-state index contributed by atoms with van der Waals surface area (Å²) < 4.78 is 33.6. The van der Waals surface area contributed by atoms with Gasteiger partial charge in [-0.15, -0.1) is 16.8 Å². The molecule has 0 saturated heterocycles. The molecule has 24 heavy (non-hydrogen) atoms. The van der Waals surface area contributed by atoms with Crippen molar-refractivity contribution in [1.82, 2.24) is 10.2 Å². The molecule has 0 bridgehead atoms. The van der Waals surface area contributed by atoms with Crippen molar-refractivity contribution < 1.29 is 13.2 Å². The van der Waals surface area contributed by atoms with Crippen molar-refractivity contribution in [3.05, 3.63) is 36.4 Å². The van der Waals surface area contributed by atoms with Gasteiger partial charge in [0.15, 0.2) is 4.34 Å². The van der Waals surface area contributed by atoms with E-state index in [0.29, 0.717) is 15.8 Å². The summed E-state index contributed by atoms with van der Waals surface area (Å²) in [7, 11) is -2.16. The number of aromatic nitrogens is 2. The monoisotopic (exact) mass is 385 g/mol. The molecule has 0 saturated carbocycles. The van der Waals surface area contributed by atoms with Gasteiger partial charge in [0.1, 0.15) is 5.75 Å². The zero-order valence-corrected chi connectivity index (χ0v) is 16.1. The van der Waals surface area contributed by atoms with Crippen LogP contribution in [0.25, 0.3) is 0 Å². The molecule has 9 heteroatoms. The molecular weight excluding hydrogens is 366 g/mol. The number of anilines is 1. The van der Waals surface area contributed by atoms with E-state index in [1.807, 2.05) is 13.8 Å². The number of nitrogens with one attached hydrogen (secondary N) is 1. The van der Waals surface area contributed by atoms with Crippen LogP contribution in [0.15, 0.2) is 40.1 Å². The quantitative estimate of drug-likeness (QED) is 0.550. The van der Waals surface area contributed by atoms with Gasteiger partial charge in [-0.3, -0.25) is 4.72 Å². The third-order valence-corrected chi connectivity index (χ3v) is 6.52. The Morgan fingerprint density at radius 1 is 1.42 bits per heavy atom. The molecule has 0 aliphatic heterocycles. The van der Waals surface area contributed by atoms with E-state index in [4.69, 9.17) is 4.74 Å². The number of nitrogens with zero attached hydrogens (tertiary/aromatic N) is 2. The molecule has 1 aromatic heterocycles. The van der Waals surface area contributed by atoms with E-state index < -0.39 is 10.0 Å². The Balaban J connectivity index is 2.25. The van der Waals surface area contributed by atoms with Crippen LogP contribution in [0.5, 0.6) is 5.75 Å². The third kappa shape index (κ3) is 4.49. The molecule has 0 radical (unpaired) electrons. The molecule has 1 heterocycles. The van der Waals surface area contributed by atoms with Crippen LogP contribution in [0, 0.1) is 0 Å². The largest absolute Gasteiger partial charge is 0.496 e. The van der Waals surface area contributed by atoms with Crippen molar-refractivity contribution in [3.8, 4) is 5.75 Å². The Labute approximate surface area is 150 Å². The van der Waals surface area contributed by atoms with Crippen molar-refractivity contribution in [3.63, 3.8) is 0 Å². The van der Waals surface area contributed by atoms with E-state index >= 15 is 0 Å². The second-order valence-electron chi connectivity index (χ2n) is 5.14. The van der Waals surface area contributed by atoms with Crippen LogP contribution in [0.1, 0.15) is 25.3 Å². The fraction of sp³-hybridized carbons (Fsp3) is 0.333. The van der Waals surface area contributed by atoms with Gasteiger partial charge in [0.25, 0.3) is 10.0 Å². The molecule has 0 fully saturated rings. The molecule has 0 unspecified atom stereocenters. The first-order valence-corrected chi connectivity index (χ1v) is 10.4. The van der Waals surface area contributed by atoms with E-state index in [1.165, 1.54) is 29.2 Å². The molecule has 1 aromatic carbocycles. The highest BCUT2D eigenvalue weighted by Crippen LogP contribution is 2.31. The smallest absolute Gasteiger partial charge is 0.263 e. The lowest BCUT2D eigenvalue weighted by molar-refractivity contribution is 0.407.